The molecule has 0 saturated carbocycles. The predicted octanol–water partition coefficient (Wildman–Crippen LogP) is 3.48. The number of rotatable bonds is 6. The van der Waals surface area contributed by atoms with Crippen molar-refractivity contribution in [2.75, 3.05) is 39.3 Å². The zero-order valence-electron chi connectivity index (χ0n) is 16.0. The zero-order chi connectivity index (χ0) is 19.7. The van der Waals surface area contributed by atoms with Crippen molar-refractivity contribution >= 4 is 87.5 Å². The third kappa shape index (κ3) is 21.4. The molecule has 0 aliphatic rings. The molecule has 0 aromatic rings. The first kappa shape index (κ1) is 33.8. The van der Waals surface area contributed by atoms with Crippen LogP contribution in [0.15, 0.2) is 0 Å². The molecule has 0 N–H and O–H groups in total. The van der Waals surface area contributed by atoms with Gasteiger partial charge in [0.25, 0.3) is 0 Å². The van der Waals surface area contributed by atoms with Crippen LogP contribution in [0.25, 0.3) is 0 Å². The Labute approximate surface area is 207 Å². The molecule has 145 valence electrons. The topological polar surface area (TPSA) is 9.72 Å². The van der Waals surface area contributed by atoms with Gasteiger partial charge in [0.05, 0.1) is 0 Å². The third-order valence-corrected chi connectivity index (χ3v) is 4.61. The minimum atomic E-state index is 0. The Kier molecular flexibility index (Phi) is 31.4. The minimum Gasteiger partial charge on any atom is -0.411 e. The molecule has 1 radical (unpaired) electrons. The number of hydrogen-bond donors (Lipinski definition) is 0. The molecule has 3 nitrogen and oxygen atoms in total. The van der Waals surface area contributed by atoms with E-state index in [9.17, 15) is 0 Å². The maximum Gasteiger partial charge on any atom is 3.00 e. The second-order valence-corrected chi connectivity index (χ2v) is 7.41. The molecule has 0 aromatic carbocycles. The summed E-state index contributed by atoms with van der Waals surface area (Å²) in [6.45, 7) is 17.8. The van der Waals surface area contributed by atoms with E-state index in [1.807, 2.05) is 56.2 Å². The molecule has 0 atom stereocenters. The average Bonchev–Trinajstić information content (AvgIpc) is 2.51. The summed E-state index contributed by atoms with van der Waals surface area (Å²) in [4.78, 5) is 5.89. The van der Waals surface area contributed by atoms with E-state index in [1.165, 1.54) is 0 Å². The number of nitrogens with zero attached hydrogens (tertiary/aromatic N) is 3. The maximum atomic E-state index is 4.76. The smallest absolute Gasteiger partial charge is 0.411 e. The van der Waals surface area contributed by atoms with Gasteiger partial charge in [-0.1, -0.05) is 13.0 Å². The van der Waals surface area contributed by atoms with Crippen molar-refractivity contribution in [3.05, 3.63) is 0 Å². The Morgan fingerprint density at radius 2 is 0.640 bits per heavy atom. The van der Waals surface area contributed by atoms with Gasteiger partial charge in [-0.2, -0.15) is 0 Å². The summed E-state index contributed by atoms with van der Waals surface area (Å²) in [6.07, 6.45) is 0. The minimum absolute atomic E-state index is 0. The van der Waals surface area contributed by atoms with Crippen LogP contribution in [0.4, 0.5) is 0 Å². The summed E-state index contributed by atoms with van der Waals surface area (Å²) in [7, 11) is 0. The Bertz CT molecular complexity index is 294. The van der Waals surface area contributed by atoms with Crippen LogP contribution in [-0.2, 0) is 64.1 Å². The molecule has 0 bridgehead atoms. The number of hydrogen-bond acceptors (Lipinski definition) is 6. The molecule has 0 unspecified atom stereocenters. The third-order valence-electron chi connectivity index (χ3n) is 3.06. The van der Waals surface area contributed by atoms with Gasteiger partial charge in [-0.15, -0.1) is 0 Å². The second-order valence-electron chi connectivity index (χ2n) is 4.31. The summed E-state index contributed by atoms with van der Waals surface area (Å²) in [5.41, 5.74) is 0. The summed E-state index contributed by atoms with van der Waals surface area (Å²) in [5, 5.41) is 0. The molecule has 0 amide bonds. The fourth-order valence-corrected chi connectivity index (χ4v) is 2.99. The van der Waals surface area contributed by atoms with E-state index in [2.05, 4.69) is 0 Å². The zero-order valence-corrected chi connectivity index (χ0v) is 23.4. The fraction of sp³-hybridized carbons (Fsp3) is 0.800. The van der Waals surface area contributed by atoms with Crippen LogP contribution in [0.3, 0.4) is 0 Å². The van der Waals surface area contributed by atoms with Gasteiger partial charge in [0.15, 0.2) is 0 Å². The number of thiocarbonyl (C=S) groups is 3. The predicted molar refractivity (Wildman–Crippen MR) is 129 cm³/mol. The van der Waals surface area contributed by atoms with Gasteiger partial charge < -0.3 is 89.2 Å². The van der Waals surface area contributed by atoms with Gasteiger partial charge in [-0.3, -0.25) is 0 Å². The van der Waals surface area contributed by atoms with Crippen LogP contribution in [0.5, 0.6) is 0 Å². The summed E-state index contributed by atoms with van der Waals surface area (Å²) >= 11 is 28.5. The molecule has 0 spiro atoms. The standard InChI is InChI=1S/3C5H11NS2.Zr/c3*1-3-6(4-2)5(7)8;/h3*3-4H2,1-2H3,(H,7,8);/q;;;+3/p-3. The molecule has 0 aliphatic carbocycles. The second kappa shape index (κ2) is 23.3. The Hall–Kier alpha value is 1.21. The first-order chi connectivity index (χ1) is 11.2. The van der Waals surface area contributed by atoms with Gasteiger partial charge in [0.2, 0.25) is 0 Å². The van der Waals surface area contributed by atoms with E-state index in [-0.39, 0.29) is 26.2 Å². The van der Waals surface area contributed by atoms with Crippen molar-refractivity contribution in [1.29, 1.82) is 0 Å². The monoisotopic (exact) mass is 534 g/mol. The van der Waals surface area contributed by atoms with E-state index in [1.54, 1.807) is 0 Å². The van der Waals surface area contributed by atoms with E-state index in [0.29, 0.717) is 13.0 Å². The molecular weight excluding hydrogens is 506 g/mol. The van der Waals surface area contributed by atoms with Crippen molar-refractivity contribution < 1.29 is 26.2 Å². The molecule has 0 heterocycles. The van der Waals surface area contributed by atoms with Gasteiger partial charge in [-0.25, -0.2) is 0 Å². The first-order valence-electron chi connectivity index (χ1n) is 8.04. The summed E-state index contributed by atoms with van der Waals surface area (Å²) in [6, 6.07) is 0. The van der Waals surface area contributed by atoms with Crippen molar-refractivity contribution in [2.24, 2.45) is 0 Å². The first-order valence-corrected chi connectivity index (χ1v) is 10.5. The van der Waals surface area contributed by atoms with Crippen molar-refractivity contribution in [2.45, 2.75) is 41.5 Å². The van der Waals surface area contributed by atoms with E-state index < -0.39 is 0 Å². The largest absolute Gasteiger partial charge is 3.00 e. The molecule has 0 aromatic heterocycles. The van der Waals surface area contributed by atoms with Gasteiger partial charge >= 0.3 is 26.2 Å². The van der Waals surface area contributed by atoms with Crippen LogP contribution in [0.2, 0.25) is 0 Å². The Balaban J connectivity index is -0.000000130. The molecule has 0 aliphatic heterocycles. The van der Waals surface area contributed by atoms with Gasteiger partial charge in [0.1, 0.15) is 0 Å². The molecule has 0 rings (SSSR count). The van der Waals surface area contributed by atoms with Crippen molar-refractivity contribution in [1.82, 2.24) is 14.7 Å². The Morgan fingerprint density at radius 3 is 0.640 bits per heavy atom. The summed E-state index contributed by atoms with van der Waals surface area (Å²) in [5.74, 6) is 0. The van der Waals surface area contributed by atoms with Crippen LogP contribution in [-0.4, -0.2) is 66.9 Å². The Morgan fingerprint density at radius 1 is 0.520 bits per heavy atom. The fourth-order valence-electron chi connectivity index (χ4n) is 1.45. The molecule has 25 heavy (non-hydrogen) atoms. The van der Waals surface area contributed by atoms with Crippen molar-refractivity contribution in [3.8, 4) is 0 Å². The van der Waals surface area contributed by atoms with E-state index >= 15 is 0 Å². The van der Waals surface area contributed by atoms with Crippen molar-refractivity contribution in [3.63, 3.8) is 0 Å². The van der Waals surface area contributed by atoms with Gasteiger partial charge in [0, 0.05) is 39.3 Å². The van der Waals surface area contributed by atoms with Gasteiger partial charge in [-0.05, 0) is 41.5 Å². The van der Waals surface area contributed by atoms with E-state index in [4.69, 9.17) is 74.5 Å². The molecule has 0 fully saturated rings. The molecule has 10 heteroatoms. The normalized spacial score (nSPS) is 8.40. The van der Waals surface area contributed by atoms with Crippen LogP contribution in [0.1, 0.15) is 41.5 Å². The van der Waals surface area contributed by atoms with Crippen LogP contribution in [0, 0.1) is 0 Å². The summed E-state index contributed by atoms with van der Waals surface area (Å²) < 4.78 is 1.74. The van der Waals surface area contributed by atoms with E-state index in [0.717, 1.165) is 39.3 Å². The maximum absolute atomic E-state index is 4.76. The molecule has 0 saturated heterocycles. The molecular formula is C15H30N3S6Zr. The quantitative estimate of drug-likeness (QED) is 0.370. The average molecular weight is 536 g/mol. The van der Waals surface area contributed by atoms with Crippen LogP contribution >= 0.6 is 36.7 Å². The SMILES string of the molecule is CCN(CC)C(=S)[S-].CCN(CC)C(=S)[S-].CCN(CC)C(=S)[S-].[Zr+3]. The van der Waals surface area contributed by atoms with Crippen LogP contribution < -0.4 is 0 Å².